The number of pyridine rings is 1. The topological polar surface area (TPSA) is 89.5 Å². The van der Waals surface area contributed by atoms with Crippen LogP contribution >= 0.6 is 23.1 Å². The summed E-state index contributed by atoms with van der Waals surface area (Å²) in [6.07, 6.45) is 2.39. The molecule has 0 unspecified atom stereocenters. The molecule has 8 nitrogen and oxygen atoms in total. The minimum atomic E-state index is -0.283. The minimum Gasteiger partial charge on any atom is -0.378 e. The maximum Gasteiger partial charge on any atom is 0.231 e. The third-order valence-corrected chi connectivity index (χ3v) is 10.2. The highest BCUT2D eigenvalue weighted by atomic mass is 32.2. The lowest BCUT2D eigenvalue weighted by molar-refractivity contribution is -0.119. The highest BCUT2D eigenvalue weighted by Gasteiger charge is 2.33. The van der Waals surface area contributed by atoms with E-state index < -0.39 is 0 Å². The number of anilines is 1. The number of morpholine rings is 1. The molecule has 0 atom stereocenters. The molecule has 1 fully saturated rings. The molecule has 2 aliphatic rings. The minimum absolute atomic E-state index is 0.0559. The van der Waals surface area contributed by atoms with E-state index >= 15 is 0 Å². The molecule has 0 aliphatic carbocycles. The lowest BCUT2D eigenvalue weighted by Gasteiger charge is -2.36. The first-order valence-corrected chi connectivity index (χ1v) is 16.3. The van der Waals surface area contributed by atoms with E-state index in [1.165, 1.54) is 17.3 Å². The Balaban J connectivity index is 1.20. The fourth-order valence-corrected chi connectivity index (χ4v) is 7.94. The van der Waals surface area contributed by atoms with Crippen molar-refractivity contribution < 1.29 is 14.3 Å². The summed E-state index contributed by atoms with van der Waals surface area (Å²) in [5, 5.41) is 5.13. The molecule has 1 saturated heterocycles. The first kappa shape index (κ1) is 28.2. The monoisotopic (exact) mass is 611 g/mol. The van der Waals surface area contributed by atoms with Gasteiger partial charge in [-0.2, -0.15) is 0 Å². The van der Waals surface area contributed by atoms with Crippen molar-refractivity contribution in [2.24, 2.45) is 0 Å². The van der Waals surface area contributed by atoms with Crippen LogP contribution in [0.5, 0.6) is 0 Å². The highest BCUT2D eigenvalue weighted by Crippen LogP contribution is 2.44. The second-order valence-corrected chi connectivity index (χ2v) is 13.4. The van der Waals surface area contributed by atoms with Crippen molar-refractivity contribution in [2.45, 2.75) is 43.5 Å². The second kappa shape index (κ2) is 11.8. The van der Waals surface area contributed by atoms with E-state index in [2.05, 4.69) is 29.0 Å². The van der Waals surface area contributed by atoms with Gasteiger partial charge in [0.2, 0.25) is 5.91 Å². The van der Waals surface area contributed by atoms with Crippen LogP contribution < -0.4 is 10.2 Å². The van der Waals surface area contributed by atoms with E-state index in [-0.39, 0.29) is 23.3 Å². The number of benzene rings is 2. The molecule has 5 heterocycles. The van der Waals surface area contributed by atoms with E-state index in [1.54, 1.807) is 17.7 Å². The summed E-state index contributed by atoms with van der Waals surface area (Å²) < 4.78 is 12.9. The molecule has 1 amide bonds. The second-order valence-electron chi connectivity index (χ2n) is 11.5. The van der Waals surface area contributed by atoms with Gasteiger partial charge in [-0.3, -0.25) is 4.79 Å². The number of hydrogen-bond acceptors (Lipinski definition) is 9. The largest absolute Gasteiger partial charge is 0.378 e. The molecule has 0 bridgehead atoms. The quantitative estimate of drug-likeness (QED) is 0.179. The molecule has 1 N–H and O–H groups in total. The van der Waals surface area contributed by atoms with Crippen LogP contribution in [0.4, 0.5) is 5.82 Å². The number of carbonyl (C=O) groups excluding carboxylic acids is 1. The number of thioether (sulfide) groups is 1. The smallest absolute Gasteiger partial charge is 0.231 e. The maximum atomic E-state index is 13.4. The van der Waals surface area contributed by atoms with Gasteiger partial charge in [0, 0.05) is 30.5 Å². The van der Waals surface area contributed by atoms with E-state index in [4.69, 9.17) is 19.4 Å². The number of fused-ring (bicyclic) bond motifs is 5. The standard InChI is InChI=1S/C33H33N5O3S2/c1-33(2)17-23-24(18-41-33)30(38-13-15-40-16-14-38)37-31-26(23)28-29(43-31)32(35-20-34-28)42-19-25(39)36-27(21-9-5-3-6-10-21)22-11-7-4-8-12-22/h3-12,20,27H,13-19H2,1-2H3,(H,36,39). The molecule has 5 aromatic rings. The predicted octanol–water partition coefficient (Wildman–Crippen LogP) is 5.93. The predicted molar refractivity (Wildman–Crippen MR) is 172 cm³/mol. The van der Waals surface area contributed by atoms with Crippen LogP contribution in [0.25, 0.3) is 20.4 Å². The Morgan fingerprint density at radius 2 is 1.72 bits per heavy atom. The fraction of sp³-hybridized carbons (Fsp3) is 0.333. The van der Waals surface area contributed by atoms with Crippen molar-refractivity contribution in [2.75, 3.05) is 37.0 Å². The Labute approximate surface area is 258 Å². The van der Waals surface area contributed by atoms with Gasteiger partial charge in [-0.05, 0) is 30.5 Å². The summed E-state index contributed by atoms with van der Waals surface area (Å²) in [5.74, 6) is 1.17. The normalized spacial score (nSPS) is 16.5. The number of nitrogens with one attached hydrogen (secondary N) is 1. The highest BCUT2D eigenvalue weighted by molar-refractivity contribution is 8.00. The molecule has 0 spiro atoms. The molecule has 2 aliphatic heterocycles. The number of thiophene rings is 1. The van der Waals surface area contributed by atoms with Crippen molar-refractivity contribution in [3.63, 3.8) is 0 Å². The van der Waals surface area contributed by atoms with E-state index in [0.29, 0.717) is 19.8 Å². The maximum absolute atomic E-state index is 13.4. The Kier molecular flexibility index (Phi) is 7.77. The zero-order chi connectivity index (χ0) is 29.4. The third kappa shape index (κ3) is 5.72. The molecular weight excluding hydrogens is 579 g/mol. The van der Waals surface area contributed by atoms with Gasteiger partial charge in [0.1, 0.15) is 22.0 Å². The Bertz CT molecular complexity index is 1730. The van der Waals surface area contributed by atoms with Crippen LogP contribution in [0.3, 0.4) is 0 Å². The number of nitrogens with zero attached hydrogens (tertiary/aromatic N) is 4. The van der Waals surface area contributed by atoms with Crippen LogP contribution in [0.1, 0.15) is 42.1 Å². The Hall–Kier alpha value is -3.57. The Morgan fingerprint density at radius 1 is 1.02 bits per heavy atom. The molecule has 43 heavy (non-hydrogen) atoms. The van der Waals surface area contributed by atoms with E-state index in [1.807, 2.05) is 60.7 Å². The number of rotatable bonds is 7. The summed E-state index contributed by atoms with van der Waals surface area (Å²) >= 11 is 3.05. The van der Waals surface area contributed by atoms with Crippen molar-refractivity contribution in [1.82, 2.24) is 20.3 Å². The van der Waals surface area contributed by atoms with E-state index in [0.717, 1.165) is 67.5 Å². The average Bonchev–Trinajstić information content (AvgIpc) is 3.42. The van der Waals surface area contributed by atoms with Crippen molar-refractivity contribution in [3.05, 3.63) is 89.2 Å². The molecule has 3 aromatic heterocycles. The van der Waals surface area contributed by atoms with Crippen molar-refractivity contribution in [1.29, 1.82) is 0 Å². The van der Waals surface area contributed by atoms with Crippen LogP contribution in [0.15, 0.2) is 72.0 Å². The lowest BCUT2D eigenvalue weighted by atomic mass is 9.90. The Morgan fingerprint density at radius 3 is 2.42 bits per heavy atom. The van der Waals surface area contributed by atoms with E-state index in [9.17, 15) is 4.79 Å². The molecule has 0 saturated carbocycles. The van der Waals surface area contributed by atoms with Crippen LogP contribution in [-0.2, 0) is 27.3 Å². The fourth-order valence-electron chi connectivity index (χ4n) is 5.89. The summed E-state index contributed by atoms with van der Waals surface area (Å²) in [6, 6.07) is 19.9. The SMILES string of the molecule is CC1(C)Cc2c(c(N3CCOCC3)nc3sc4c(SCC(=O)NC(c5ccccc5)c5ccccc5)ncnc4c23)CO1. The van der Waals surface area contributed by atoms with Gasteiger partial charge in [-0.15, -0.1) is 11.3 Å². The van der Waals surface area contributed by atoms with Gasteiger partial charge in [0.15, 0.2) is 0 Å². The summed E-state index contributed by atoms with van der Waals surface area (Å²) in [6.45, 7) is 7.79. The van der Waals surface area contributed by atoms with Crippen LogP contribution in [0, 0.1) is 0 Å². The summed E-state index contributed by atoms with van der Waals surface area (Å²) in [4.78, 5) is 31.2. The van der Waals surface area contributed by atoms with Gasteiger partial charge in [-0.25, -0.2) is 15.0 Å². The number of hydrogen-bond donors (Lipinski definition) is 1. The first-order valence-electron chi connectivity index (χ1n) is 14.5. The zero-order valence-electron chi connectivity index (χ0n) is 24.2. The zero-order valence-corrected chi connectivity index (χ0v) is 25.8. The first-order chi connectivity index (χ1) is 21.0. The van der Waals surface area contributed by atoms with Gasteiger partial charge in [0.05, 0.1) is 47.4 Å². The number of carbonyl (C=O) groups is 1. The van der Waals surface area contributed by atoms with Crippen molar-refractivity contribution >= 4 is 55.3 Å². The molecule has 220 valence electrons. The lowest BCUT2D eigenvalue weighted by Crippen LogP contribution is -2.39. The van der Waals surface area contributed by atoms with Gasteiger partial charge in [-0.1, -0.05) is 72.4 Å². The molecule has 2 aromatic carbocycles. The summed E-state index contributed by atoms with van der Waals surface area (Å²) in [7, 11) is 0. The number of ether oxygens (including phenoxy) is 2. The molecule has 0 radical (unpaired) electrons. The summed E-state index contributed by atoms with van der Waals surface area (Å²) in [5.41, 5.74) is 5.11. The van der Waals surface area contributed by atoms with Gasteiger partial charge in [0.25, 0.3) is 0 Å². The van der Waals surface area contributed by atoms with Crippen LogP contribution in [-0.4, -0.2) is 58.5 Å². The third-order valence-electron chi connectivity index (χ3n) is 8.00. The molecule has 7 rings (SSSR count). The molecule has 10 heteroatoms. The number of aromatic nitrogens is 3. The average molecular weight is 612 g/mol. The van der Waals surface area contributed by atoms with Gasteiger partial charge < -0.3 is 19.7 Å². The van der Waals surface area contributed by atoms with Crippen molar-refractivity contribution in [3.8, 4) is 0 Å². The van der Waals surface area contributed by atoms with Crippen LogP contribution in [0.2, 0.25) is 0 Å². The number of amides is 1. The van der Waals surface area contributed by atoms with Gasteiger partial charge >= 0.3 is 0 Å². The molecular formula is C33H33N5O3S2.